The minimum absolute atomic E-state index is 0.193. The molecule has 3 rings (SSSR count). The fourth-order valence-corrected chi connectivity index (χ4v) is 2.85. The summed E-state index contributed by atoms with van der Waals surface area (Å²) in [6.45, 7) is 1.81. The first-order valence-corrected chi connectivity index (χ1v) is 7.86. The van der Waals surface area contributed by atoms with Crippen molar-refractivity contribution >= 4 is 45.7 Å². The zero-order chi connectivity index (χ0) is 17.4. The van der Waals surface area contributed by atoms with Gasteiger partial charge in [-0.1, -0.05) is 23.2 Å². The summed E-state index contributed by atoms with van der Waals surface area (Å²) in [7, 11) is 1.67. The Morgan fingerprint density at radius 2 is 1.79 bits per heavy atom. The molecule has 0 bridgehead atoms. The van der Waals surface area contributed by atoms with Crippen molar-refractivity contribution < 1.29 is 4.79 Å². The molecule has 5 nitrogen and oxygen atoms in total. The molecular weight excluding hydrogens is 349 g/mol. The zero-order valence-electron chi connectivity index (χ0n) is 12.9. The first-order valence-electron chi connectivity index (χ1n) is 7.11. The molecule has 1 heterocycles. The molecule has 0 saturated carbocycles. The van der Waals surface area contributed by atoms with Crippen molar-refractivity contribution in [3.05, 3.63) is 67.9 Å². The van der Waals surface area contributed by atoms with Crippen LogP contribution in [-0.2, 0) is 7.05 Å². The molecule has 0 saturated heterocycles. The summed E-state index contributed by atoms with van der Waals surface area (Å²) in [5.74, 6) is -0.581. The Labute approximate surface area is 147 Å². The van der Waals surface area contributed by atoms with Gasteiger partial charge in [-0.2, -0.15) is 5.10 Å². The number of aryl methyl sites for hydroxylation is 2. The van der Waals surface area contributed by atoms with Gasteiger partial charge in [0.05, 0.1) is 10.9 Å². The smallest absolute Gasteiger partial charge is 0.280 e. The van der Waals surface area contributed by atoms with Crippen molar-refractivity contribution in [1.29, 1.82) is 0 Å². The third-order valence-electron chi connectivity index (χ3n) is 3.67. The number of nitrogens with one attached hydrogen (secondary N) is 1. The van der Waals surface area contributed by atoms with E-state index >= 15 is 0 Å². The summed E-state index contributed by atoms with van der Waals surface area (Å²) < 4.78 is 1.48. The minimum Gasteiger partial charge on any atom is -0.320 e. The Hall–Kier alpha value is -2.37. The average Bonchev–Trinajstić information content (AvgIpc) is 2.53. The van der Waals surface area contributed by atoms with E-state index in [1.54, 1.807) is 37.4 Å². The molecule has 0 unspecified atom stereocenters. The third kappa shape index (κ3) is 3.00. The predicted octanol–water partition coefficient (Wildman–Crippen LogP) is 3.80. The number of amides is 1. The standard InChI is InChI=1S/C17H13Cl2N3O2/c1-9-7-10(18)3-5-13(9)20-17(24)15-16(23)12-8-11(19)4-6-14(12)22(2)21-15/h3-8H,1-2H3,(H,20,24). The summed E-state index contributed by atoms with van der Waals surface area (Å²) in [5, 5.41) is 8.13. The maximum absolute atomic E-state index is 12.6. The Morgan fingerprint density at radius 3 is 2.50 bits per heavy atom. The fraction of sp³-hybridized carbons (Fsp3) is 0.118. The molecule has 122 valence electrons. The van der Waals surface area contributed by atoms with Gasteiger partial charge in [-0.25, -0.2) is 0 Å². The van der Waals surface area contributed by atoms with Gasteiger partial charge in [0.25, 0.3) is 5.91 Å². The number of carbonyl (C=O) groups is 1. The van der Waals surface area contributed by atoms with Crippen LogP contribution in [0.25, 0.3) is 10.9 Å². The van der Waals surface area contributed by atoms with Crippen molar-refractivity contribution in [3.63, 3.8) is 0 Å². The van der Waals surface area contributed by atoms with Crippen molar-refractivity contribution in [1.82, 2.24) is 9.78 Å². The lowest BCUT2D eigenvalue weighted by Crippen LogP contribution is -2.26. The van der Waals surface area contributed by atoms with Gasteiger partial charge in [0.1, 0.15) is 0 Å². The molecule has 24 heavy (non-hydrogen) atoms. The second-order valence-electron chi connectivity index (χ2n) is 5.38. The first-order chi connectivity index (χ1) is 11.4. The van der Waals surface area contributed by atoms with E-state index in [-0.39, 0.29) is 5.69 Å². The van der Waals surface area contributed by atoms with Crippen LogP contribution in [-0.4, -0.2) is 15.7 Å². The van der Waals surface area contributed by atoms with Gasteiger partial charge in [-0.15, -0.1) is 0 Å². The molecule has 0 atom stereocenters. The van der Waals surface area contributed by atoms with E-state index in [0.29, 0.717) is 26.6 Å². The molecule has 0 aliphatic rings. The molecule has 1 amide bonds. The average molecular weight is 362 g/mol. The van der Waals surface area contributed by atoms with Gasteiger partial charge >= 0.3 is 0 Å². The van der Waals surface area contributed by atoms with Crippen LogP contribution in [0.2, 0.25) is 10.0 Å². The van der Waals surface area contributed by atoms with Gasteiger partial charge in [0, 0.05) is 22.8 Å². The van der Waals surface area contributed by atoms with Crippen molar-refractivity contribution in [2.45, 2.75) is 6.92 Å². The molecular formula is C17H13Cl2N3O2. The van der Waals surface area contributed by atoms with E-state index in [0.717, 1.165) is 5.56 Å². The van der Waals surface area contributed by atoms with Gasteiger partial charge in [0.15, 0.2) is 5.69 Å². The highest BCUT2D eigenvalue weighted by Gasteiger charge is 2.17. The van der Waals surface area contributed by atoms with Crippen LogP contribution in [0.1, 0.15) is 16.1 Å². The van der Waals surface area contributed by atoms with Gasteiger partial charge in [-0.3, -0.25) is 14.3 Å². The monoisotopic (exact) mass is 361 g/mol. The van der Waals surface area contributed by atoms with E-state index in [1.165, 1.54) is 10.7 Å². The minimum atomic E-state index is -0.581. The number of rotatable bonds is 2. The number of hydrogen-bond donors (Lipinski definition) is 1. The summed E-state index contributed by atoms with van der Waals surface area (Å²) in [4.78, 5) is 25.1. The highest BCUT2D eigenvalue weighted by Crippen LogP contribution is 2.20. The van der Waals surface area contributed by atoms with Crippen LogP contribution in [0, 0.1) is 6.92 Å². The summed E-state index contributed by atoms with van der Waals surface area (Å²) in [6, 6.07) is 9.96. The first kappa shape index (κ1) is 16.5. The topological polar surface area (TPSA) is 64.0 Å². The van der Waals surface area contributed by atoms with E-state index < -0.39 is 11.3 Å². The molecule has 0 spiro atoms. The van der Waals surface area contributed by atoms with Crippen molar-refractivity contribution in [2.24, 2.45) is 7.05 Å². The molecule has 0 aliphatic carbocycles. The van der Waals surface area contributed by atoms with Crippen LogP contribution in [0.15, 0.2) is 41.2 Å². The molecule has 7 heteroatoms. The Balaban J connectivity index is 2.07. The summed E-state index contributed by atoms with van der Waals surface area (Å²) in [6.07, 6.45) is 0. The number of nitrogens with zero attached hydrogens (tertiary/aromatic N) is 2. The maximum Gasteiger partial charge on any atom is 0.280 e. The molecule has 3 aromatic rings. The zero-order valence-corrected chi connectivity index (χ0v) is 14.4. The highest BCUT2D eigenvalue weighted by molar-refractivity contribution is 6.31. The number of carbonyl (C=O) groups excluding carboxylic acids is 1. The largest absolute Gasteiger partial charge is 0.320 e. The van der Waals surface area contributed by atoms with Gasteiger partial charge in [-0.05, 0) is 48.9 Å². The normalized spacial score (nSPS) is 10.8. The lowest BCUT2D eigenvalue weighted by atomic mass is 10.1. The molecule has 1 aromatic heterocycles. The van der Waals surface area contributed by atoms with Gasteiger partial charge < -0.3 is 5.32 Å². The molecule has 0 aliphatic heterocycles. The lowest BCUT2D eigenvalue weighted by molar-refractivity contribution is 0.101. The molecule has 2 aromatic carbocycles. The van der Waals surface area contributed by atoms with Crippen LogP contribution in [0.3, 0.4) is 0 Å². The number of benzene rings is 2. The van der Waals surface area contributed by atoms with E-state index in [2.05, 4.69) is 10.4 Å². The third-order valence-corrected chi connectivity index (χ3v) is 4.14. The second kappa shape index (κ2) is 6.26. The lowest BCUT2D eigenvalue weighted by Gasteiger charge is -2.10. The molecule has 0 fully saturated rings. The predicted molar refractivity (Wildman–Crippen MR) is 96.1 cm³/mol. The van der Waals surface area contributed by atoms with Gasteiger partial charge in [0.2, 0.25) is 5.43 Å². The number of aromatic nitrogens is 2. The van der Waals surface area contributed by atoms with Crippen LogP contribution < -0.4 is 10.7 Å². The summed E-state index contributed by atoms with van der Waals surface area (Å²) in [5.41, 5.74) is 1.30. The molecule has 1 N–H and O–H groups in total. The van der Waals surface area contributed by atoms with Crippen LogP contribution in [0.5, 0.6) is 0 Å². The second-order valence-corrected chi connectivity index (χ2v) is 6.25. The fourth-order valence-electron chi connectivity index (χ4n) is 2.45. The number of anilines is 1. The van der Waals surface area contributed by atoms with E-state index in [4.69, 9.17) is 23.2 Å². The van der Waals surface area contributed by atoms with E-state index in [9.17, 15) is 9.59 Å². The summed E-state index contributed by atoms with van der Waals surface area (Å²) >= 11 is 11.9. The Kier molecular flexibility index (Phi) is 4.30. The van der Waals surface area contributed by atoms with E-state index in [1.807, 2.05) is 6.92 Å². The Morgan fingerprint density at radius 1 is 1.12 bits per heavy atom. The number of hydrogen-bond acceptors (Lipinski definition) is 3. The molecule has 0 radical (unpaired) electrons. The quantitative estimate of drug-likeness (QED) is 0.754. The van der Waals surface area contributed by atoms with Crippen LogP contribution >= 0.6 is 23.2 Å². The van der Waals surface area contributed by atoms with Crippen LogP contribution in [0.4, 0.5) is 5.69 Å². The number of fused-ring (bicyclic) bond motifs is 1. The van der Waals surface area contributed by atoms with Crippen molar-refractivity contribution in [3.8, 4) is 0 Å². The number of halogens is 2. The highest BCUT2D eigenvalue weighted by atomic mass is 35.5. The Bertz CT molecular complexity index is 1030. The SMILES string of the molecule is Cc1cc(Cl)ccc1NC(=O)c1nn(C)c2ccc(Cl)cc2c1=O. The van der Waals surface area contributed by atoms with Crippen molar-refractivity contribution in [2.75, 3.05) is 5.32 Å². The maximum atomic E-state index is 12.6.